The lowest BCUT2D eigenvalue weighted by Crippen LogP contribution is -2.48. The van der Waals surface area contributed by atoms with Crippen LogP contribution in [-0.4, -0.2) is 25.7 Å². The fraction of sp³-hybridized carbons (Fsp3) is 0.900. The zero-order valence-electron chi connectivity index (χ0n) is 8.72. The molecule has 76 valence electrons. The molecule has 0 heterocycles. The number of rotatable bonds is 3. The van der Waals surface area contributed by atoms with Gasteiger partial charge in [0.1, 0.15) is 5.54 Å². The van der Waals surface area contributed by atoms with Crippen molar-refractivity contribution in [3.63, 3.8) is 0 Å². The summed E-state index contributed by atoms with van der Waals surface area (Å²) in [7, 11) is 3.30. The van der Waals surface area contributed by atoms with Gasteiger partial charge in [-0.1, -0.05) is 13.3 Å². The average molecular weight is 185 g/mol. The van der Waals surface area contributed by atoms with Gasteiger partial charge in [-0.05, 0) is 32.2 Å². The van der Waals surface area contributed by atoms with Crippen molar-refractivity contribution in [2.75, 3.05) is 14.2 Å². The highest BCUT2D eigenvalue weighted by molar-refractivity contribution is 5.81. The van der Waals surface area contributed by atoms with Crippen LogP contribution in [0.5, 0.6) is 0 Å². The van der Waals surface area contributed by atoms with Crippen LogP contribution in [0, 0.1) is 5.92 Å². The van der Waals surface area contributed by atoms with Gasteiger partial charge in [-0.2, -0.15) is 0 Å². The van der Waals surface area contributed by atoms with E-state index in [4.69, 9.17) is 4.74 Å². The van der Waals surface area contributed by atoms with Gasteiger partial charge in [0.25, 0.3) is 0 Å². The van der Waals surface area contributed by atoms with Gasteiger partial charge in [0.15, 0.2) is 0 Å². The number of hydrogen-bond acceptors (Lipinski definition) is 3. The van der Waals surface area contributed by atoms with Gasteiger partial charge in [0, 0.05) is 0 Å². The number of esters is 1. The molecule has 0 aromatic heterocycles. The van der Waals surface area contributed by atoms with Gasteiger partial charge >= 0.3 is 5.97 Å². The van der Waals surface area contributed by atoms with Crippen LogP contribution in [0.1, 0.15) is 32.6 Å². The predicted octanol–water partition coefficient (Wildman–Crippen LogP) is 1.33. The highest BCUT2D eigenvalue weighted by atomic mass is 16.5. The molecule has 0 radical (unpaired) electrons. The smallest absolute Gasteiger partial charge is 0.326 e. The van der Waals surface area contributed by atoms with Gasteiger partial charge in [0.05, 0.1) is 7.11 Å². The van der Waals surface area contributed by atoms with Crippen molar-refractivity contribution in [1.82, 2.24) is 5.32 Å². The molecule has 3 nitrogen and oxygen atoms in total. The Morgan fingerprint density at radius 2 is 2.38 bits per heavy atom. The lowest BCUT2D eigenvalue weighted by molar-refractivity contribution is -0.148. The quantitative estimate of drug-likeness (QED) is 0.674. The lowest BCUT2D eigenvalue weighted by atomic mass is 9.95. The molecule has 0 aromatic rings. The topological polar surface area (TPSA) is 38.3 Å². The second-order valence-corrected chi connectivity index (χ2v) is 3.84. The van der Waals surface area contributed by atoms with Gasteiger partial charge in [-0.15, -0.1) is 0 Å². The molecule has 0 saturated heterocycles. The molecule has 0 aliphatic heterocycles. The molecule has 0 amide bonds. The Hall–Kier alpha value is -0.570. The lowest BCUT2D eigenvalue weighted by Gasteiger charge is -2.25. The summed E-state index contributed by atoms with van der Waals surface area (Å²) in [6.07, 6.45) is 4.12. The Morgan fingerprint density at radius 3 is 2.77 bits per heavy atom. The molecule has 1 aliphatic carbocycles. The first-order valence-electron chi connectivity index (χ1n) is 4.96. The molecule has 1 N–H and O–H groups in total. The first kappa shape index (κ1) is 10.5. The van der Waals surface area contributed by atoms with Crippen LogP contribution >= 0.6 is 0 Å². The summed E-state index contributed by atoms with van der Waals surface area (Å²) in [6, 6.07) is 0. The van der Waals surface area contributed by atoms with Crippen LogP contribution in [0.4, 0.5) is 0 Å². The van der Waals surface area contributed by atoms with E-state index in [0.717, 1.165) is 25.7 Å². The van der Waals surface area contributed by atoms with Crippen molar-refractivity contribution in [1.29, 1.82) is 0 Å². The van der Waals surface area contributed by atoms with Crippen LogP contribution in [-0.2, 0) is 9.53 Å². The van der Waals surface area contributed by atoms with Gasteiger partial charge in [-0.3, -0.25) is 4.79 Å². The Labute approximate surface area is 79.8 Å². The van der Waals surface area contributed by atoms with E-state index in [1.165, 1.54) is 7.11 Å². The molecule has 1 rings (SSSR count). The zero-order valence-corrected chi connectivity index (χ0v) is 8.72. The molecule has 0 spiro atoms. The first-order valence-corrected chi connectivity index (χ1v) is 4.96. The number of hydrogen-bond donors (Lipinski definition) is 1. The van der Waals surface area contributed by atoms with E-state index in [1.54, 1.807) is 0 Å². The molecule has 0 bridgehead atoms. The van der Waals surface area contributed by atoms with Crippen molar-refractivity contribution in [2.24, 2.45) is 5.92 Å². The molecule has 1 saturated carbocycles. The second-order valence-electron chi connectivity index (χ2n) is 3.84. The molecule has 13 heavy (non-hydrogen) atoms. The Balaban J connectivity index is 2.67. The Kier molecular flexibility index (Phi) is 3.31. The van der Waals surface area contributed by atoms with Gasteiger partial charge < -0.3 is 10.1 Å². The third-order valence-electron chi connectivity index (χ3n) is 3.25. The Morgan fingerprint density at radius 1 is 1.69 bits per heavy atom. The zero-order chi connectivity index (χ0) is 9.90. The van der Waals surface area contributed by atoms with Gasteiger partial charge in [0.2, 0.25) is 0 Å². The van der Waals surface area contributed by atoms with E-state index in [0.29, 0.717) is 5.92 Å². The Bertz CT molecular complexity index is 193. The summed E-state index contributed by atoms with van der Waals surface area (Å²) in [5, 5.41) is 3.12. The SMILES string of the molecule is CCC1CCC(NC)(C(=O)OC)C1. The number of likely N-dealkylation sites (N-methyl/N-ethyl adjacent to an activating group) is 1. The van der Waals surface area contributed by atoms with Crippen molar-refractivity contribution < 1.29 is 9.53 Å². The summed E-state index contributed by atoms with van der Waals surface area (Å²) >= 11 is 0. The fourth-order valence-electron chi connectivity index (χ4n) is 2.21. The van der Waals surface area contributed by atoms with Crippen molar-refractivity contribution in [2.45, 2.75) is 38.1 Å². The summed E-state index contributed by atoms with van der Waals surface area (Å²) in [4.78, 5) is 11.5. The molecule has 2 unspecified atom stereocenters. The number of nitrogens with one attached hydrogen (secondary N) is 1. The molecular weight excluding hydrogens is 166 g/mol. The molecule has 0 aromatic carbocycles. The number of methoxy groups -OCH3 is 1. The van der Waals surface area contributed by atoms with E-state index in [2.05, 4.69) is 12.2 Å². The van der Waals surface area contributed by atoms with Crippen LogP contribution in [0.3, 0.4) is 0 Å². The molecule has 1 aliphatic rings. The summed E-state index contributed by atoms with van der Waals surface area (Å²) < 4.78 is 4.82. The van der Waals surface area contributed by atoms with Crippen LogP contribution in [0.15, 0.2) is 0 Å². The highest BCUT2D eigenvalue weighted by Crippen LogP contribution is 2.36. The normalized spacial score (nSPS) is 33.3. The summed E-state index contributed by atoms with van der Waals surface area (Å²) in [5.74, 6) is 0.567. The molecule has 2 atom stereocenters. The van der Waals surface area contributed by atoms with E-state index in [1.807, 2.05) is 7.05 Å². The van der Waals surface area contributed by atoms with E-state index in [-0.39, 0.29) is 5.97 Å². The average Bonchev–Trinajstić information content (AvgIpc) is 2.61. The van der Waals surface area contributed by atoms with Crippen molar-refractivity contribution >= 4 is 5.97 Å². The van der Waals surface area contributed by atoms with E-state index < -0.39 is 5.54 Å². The van der Waals surface area contributed by atoms with Crippen LogP contribution < -0.4 is 5.32 Å². The predicted molar refractivity (Wildman–Crippen MR) is 51.4 cm³/mol. The summed E-state index contributed by atoms with van der Waals surface area (Å²) in [5.41, 5.74) is -0.393. The maximum Gasteiger partial charge on any atom is 0.326 e. The van der Waals surface area contributed by atoms with Gasteiger partial charge in [-0.25, -0.2) is 0 Å². The minimum atomic E-state index is -0.393. The monoisotopic (exact) mass is 185 g/mol. The molecule has 1 fully saturated rings. The van der Waals surface area contributed by atoms with Crippen LogP contribution in [0.25, 0.3) is 0 Å². The largest absolute Gasteiger partial charge is 0.468 e. The highest BCUT2D eigenvalue weighted by Gasteiger charge is 2.44. The fourth-order valence-corrected chi connectivity index (χ4v) is 2.21. The third-order valence-corrected chi connectivity index (χ3v) is 3.25. The maximum absolute atomic E-state index is 11.5. The standard InChI is InChI=1S/C10H19NO2/c1-4-8-5-6-10(7-8,11-2)9(12)13-3/h8,11H,4-7H2,1-3H3. The van der Waals surface area contributed by atoms with Crippen molar-refractivity contribution in [3.05, 3.63) is 0 Å². The van der Waals surface area contributed by atoms with Crippen LogP contribution in [0.2, 0.25) is 0 Å². The van der Waals surface area contributed by atoms with E-state index in [9.17, 15) is 4.79 Å². The number of ether oxygens (including phenoxy) is 1. The first-order chi connectivity index (χ1) is 6.18. The molecular formula is C10H19NO2. The van der Waals surface area contributed by atoms with Crippen molar-refractivity contribution in [3.8, 4) is 0 Å². The minimum absolute atomic E-state index is 0.106. The third kappa shape index (κ3) is 1.85. The summed E-state index contributed by atoms with van der Waals surface area (Å²) in [6.45, 7) is 2.17. The number of carbonyl (C=O) groups is 1. The minimum Gasteiger partial charge on any atom is -0.468 e. The van der Waals surface area contributed by atoms with E-state index >= 15 is 0 Å². The maximum atomic E-state index is 11.5. The number of carbonyl (C=O) groups excluding carboxylic acids is 1. The molecule has 3 heteroatoms. The second kappa shape index (κ2) is 4.09.